The standard InChI is InChI=1S/C74H80O8/c1-44-32-54(18-24-64(44)75)72(55-19-25-65(76)45(2)33-55)62-38-48(14-22-70(62)81)36-58-40-52(16-28-68(58)79)50-10-8-12-60(42-50)74(30-6-5-7-31-74)61-13-9-11-51(43-61)53-17-29-69(80)59(41-53)37-49-15-23-71(82)63(39-49)73(56-20-26-66(77)46(3)34-56)57-21-27-67(78)47(4)35-57/h8-15,18-27,32-35,38-39,42-43,52-53,58-59,68-69,72-73,75-82H,5-7,16-17,28-31,36-37,40-41H2,1-4H3. The van der Waals surface area contributed by atoms with Gasteiger partial charge in [0, 0.05) is 28.4 Å². The third-order valence-corrected chi connectivity index (χ3v) is 19.4. The summed E-state index contributed by atoms with van der Waals surface area (Å²) in [6.07, 6.45) is 11.0. The Balaban J connectivity index is 0.831. The van der Waals surface area contributed by atoms with Crippen LogP contribution in [0.1, 0.15) is 183 Å². The van der Waals surface area contributed by atoms with Crippen LogP contribution in [0.4, 0.5) is 0 Å². The molecule has 0 aromatic heterocycles. The number of phenols is 6. The van der Waals surface area contributed by atoms with Crippen molar-refractivity contribution in [2.75, 3.05) is 0 Å². The van der Waals surface area contributed by atoms with Crippen molar-refractivity contribution in [1.29, 1.82) is 0 Å². The maximum Gasteiger partial charge on any atom is 0.119 e. The van der Waals surface area contributed by atoms with Gasteiger partial charge in [-0.15, -0.1) is 0 Å². The number of phenolic OH excluding ortho intramolecular Hbond substituents is 6. The molecule has 0 spiro atoms. The molecule has 8 heteroatoms. The Kier molecular flexibility index (Phi) is 16.3. The fourth-order valence-electron chi connectivity index (χ4n) is 14.7. The molecule has 0 radical (unpaired) electrons. The summed E-state index contributed by atoms with van der Waals surface area (Å²) in [5, 5.41) is 88.3. The lowest BCUT2D eigenvalue weighted by Crippen LogP contribution is -2.32. The Labute approximate surface area is 484 Å². The molecule has 0 bridgehead atoms. The average Bonchev–Trinajstić information content (AvgIpc) is 3.60. The maximum absolute atomic E-state index is 11.7. The Morgan fingerprint density at radius 2 is 0.744 bits per heavy atom. The molecule has 8 nitrogen and oxygen atoms in total. The van der Waals surface area contributed by atoms with Crippen molar-refractivity contribution in [2.45, 2.75) is 152 Å². The number of aliphatic hydroxyl groups is 2. The lowest BCUT2D eigenvalue weighted by atomic mass is 9.64. The molecule has 82 heavy (non-hydrogen) atoms. The zero-order valence-electron chi connectivity index (χ0n) is 47.9. The van der Waals surface area contributed by atoms with Gasteiger partial charge in [0.2, 0.25) is 0 Å². The summed E-state index contributed by atoms with van der Waals surface area (Å²) in [5.41, 5.74) is 15.5. The zero-order valence-corrected chi connectivity index (χ0v) is 47.9. The van der Waals surface area contributed by atoms with E-state index in [1.807, 2.05) is 88.4 Å². The van der Waals surface area contributed by atoms with E-state index in [2.05, 4.69) is 60.7 Å². The van der Waals surface area contributed by atoms with Gasteiger partial charge in [0.15, 0.2) is 0 Å². The number of hydrogen-bond acceptors (Lipinski definition) is 8. The number of rotatable bonds is 14. The summed E-state index contributed by atoms with van der Waals surface area (Å²) in [6.45, 7) is 7.48. The van der Waals surface area contributed by atoms with Crippen LogP contribution in [-0.2, 0) is 18.3 Å². The zero-order chi connectivity index (χ0) is 57.4. The van der Waals surface area contributed by atoms with Crippen LogP contribution >= 0.6 is 0 Å². The van der Waals surface area contributed by atoms with Crippen molar-refractivity contribution in [3.05, 3.63) is 247 Å². The third-order valence-electron chi connectivity index (χ3n) is 19.4. The Hall–Kier alpha value is -7.52. The fraction of sp³-hybridized carbons (Fsp3) is 0.351. The minimum atomic E-state index is -0.451. The van der Waals surface area contributed by atoms with E-state index in [9.17, 15) is 40.9 Å². The van der Waals surface area contributed by atoms with Crippen LogP contribution in [0.15, 0.2) is 158 Å². The molecular weight excluding hydrogens is 1020 g/mol. The molecule has 3 fully saturated rings. The molecule has 0 saturated heterocycles. The number of benzene rings is 8. The van der Waals surface area contributed by atoms with E-state index in [-0.39, 0.29) is 75.4 Å². The van der Waals surface area contributed by atoms with Crippen LogP contribution in [0.25, 0.3) is 0 Å². The molecule has 8 aromatic rings. The second-order valence-electron chi connectivity index (χ2n) is 24.8. The number of aliphatic hydroxyl groups excluding tert-OH is 2. The summed E-state index contributed by atoms with van der Waals surface area (Å²) in [7, 11) is 0. The molecule has 3 aliphatic carbocycles. The van der Waals surface area contributed by atoms with Gasteiger partial charge in [-0.2, -0.15) is 0 Å². The van der Waals surface area contributed by atoms with E-state index in [1.54, 1.807) is 36.4 Å². The molecule has 6 atom stereocenters. The molecule has 8 aromatic carbocycles. The first-order valence-corrected chi connectivity index (χ1v) is 29.9. The molecule has 424 valence electrons. The summed E-state index contributed by atoms with van der Waals surface area (Å²) in [5.74, 6) is 1.04. The lowest BCUT2D eigenvalue weighted by Gasteiger charge is -2.40. The highest BCUT2D eigenvalue weighted by Crippen LogP contribution is 2.50. The molecular formula is C74H80O8. The van der Waals surface area contributed by atoms with Crippen molar-refractivity contribution in [3.8, 4) is 34.5 Å². The van der Waals surface area contributed by atoms with E-state index in [1.165, 1.54) is 28.7 Å². The Morgan fingerprint density at radius 1 is 0.390 bits per heavy atom. The molecule has 0 amide bonds. The van der Waals surface area contributed by atoms with E-state index in [0.29, 0.717) is 25.7 Å². The monoisotopic (exact) mass is 1100 g/mol. The lowest BCUT2D eigenvalue weighted by molar-refractivity contribution is 0.0618. The Morgan fingerprint density at radius 3 is 1.10 bits per heavy atom. The highest BCUT2D eigenvalue weighted by molar-refractivity contribution is 5.56. The van der Waals surface area contributed by atoms with E-state index >= 15 is 0 Å². The first kappa shape index (κ1) is 56.3. The minimum Gasteiger partial charge on any atom is -0.508 e. The molecule has 3 saturated carbocycles. The topological polar surface area (TPSA) is 162 Å². The van der Waals surface area contributed by atoms with E-state index in [4.69, 9.17) is 0 Å². The van der Waals surface area contributed by atoms with Gasteiger partial charge < -0.3 is 40.9 Å². The SMILES string of the molecule is Cc1cc(C(c2ccc(O)c(C)c2)c2cc(CC3CC(c4cccc(C5(c6cccc(C7CCC(O)C(Cc8ccc(O)c(C(c9ccc(O)c(C)c9)c9ccc(O)c(C)c9)c8)C7)c6)CCCCC5)c4)CCC3O)ccc2O)ccc1O. The van der Waals surface area contributed by atoms with Crippen LogP contribution in [0.3, 0.4) is 0 Å². The van der Waals surface area contributed by atoms with Gasteiger partial charge in [-0.1, -0.05) is 141 Å². The predicted octanol–water partition coefficient (Wildman–Crippen LogP) is 15.7. The average molecular weight is 1100 g/mol. The molecule has 11 rings (SSSR count). The van der Waals surface area contributed by atoms with Gasteiger partial charge in [0.05, 0.1) is 12.2 Å². The molecule has 0 aliphatic heterocycles. The van der Waals surface area contributed by atoms with Gasteiger partial charge in [0.1, 0.15) is 34.5 Å². The van der Waals surface area contributed by atoms with Gasteiger partial charge in [0.25, 0.3) is 0 Å². The van der Waals surface area contributed by atoms with Gasteiger partial charge in [-0.3, -0.25) is 0 Å². The smallest absolute Gasteiger partial charge is 0.119 e. The summed E-state index contributed by atoms with van der Waals surface area (Å²) in [6, 6.07) is 52.7. The van der Waals surface area contributed by atoms with Crippen LogP contribution < -0.4 is 0 Å². The van der Waals surface area contributed by atoms with E-state index < -0.39 is 12.2 Å². The van der Waals surface area contributed by atoms with Gasteiger partial charge >= 0.3 is 0 Å². The Bertz CT molecular complexity index is 3260. The highest BCUT2D eigenvalue weighted by atomic mass is 16.3. The first-order chi connectivity index (χ1) is 39.5. The van der Waals surface area contributed by atoms with Gasteiger partial charge in [-0.25, -0.2) is 0 Å². The fourth-order valence-corrected chi connectivity index (χ4v) is 14.7. The summed E-state index contributed by atoms with van der Waals surface area (Å²) in [4.78, 5) is 0. The van der Waals surface area contributed by atoms with Crippen LogP contribution in [0.2, 0.25) is 0 Å². The van der Waals surface area contributed by atoms with Crippen molar-refractivity contribution >= 4 is 0 Å². The molecule has 8 N–H and O–H groups in total. The van der Waals surface area contributed by atoms with E-state index in [0.717, 1.165) is 118 Å². The number of hydrogen-bond donors (Lipinski definition) is 8. The highest BCUT2D eigenvalue weighted by Gasteiger charge is 2.39. The normalized spacial score (nSPS) is 21.0. The van der Waals surface area contributed by atoms with Crippen molar-refractivity contribution in [1.82, 2.24) is 0 Å². The summed E-state index contributed by atoms with van der Waals surface area (Å²) >= 11 is 0. The molecule has 0 heterocycles. The van der Waals surface area contributed by atoms with Crippen LogP contribution in [-0.4, -0.2) is 53.1 Å². The van der Waals surface area contributed by atoms with Crippen LogP contribution in [0, 0.1) is 39.5 Å². The predicted molar refractivity (Wildman–Crippen MR) is 326 cm³/mol. The van der Waals surface area contributed by atoms with Gasteiger partial charge in [-0.05, 0) is 230 Å². The van der Waals surface area contributed by atoms with Crippen molar-refractivity contribution in [3.63, 3.8) is 0 Å². The second kappa shape index (κ2) is 23.8. The molecule has 6 unspecified atom stereocenters. The third kappa shape index (κ3) is 11.6. The molecule has 3 aliphatic rings. The second-order valence-corrected chi connectivity index (χ2v) is 24.8. The largest absolute Gasteiger partial charge is 0.508 e. The number of aryl methyl sites for hydroxylation is 4. The van der Waals surface area contributed by atoms with Crippen molar-refractivity contribution in [2.24, 2.45) is 11.8 Å². The quantitative estimate of drug-likeness (QED) is 0.0499. The van der Waals surface area contributed by atoms with Crippen LogP contribution in [0.5, 0.6) is 34.5 Å². The number of aromatic hydroxyl groups is 6. The summed E-state index contributed by atoms with van der Waals surface area (Å²) < 4.78 is 0. The maximum atomic E-state index is 11.7. The first-order valence-electron chi connectivity index (χ1n) is 29.9. The minimum absolute atomic E-state index is 0.0147. The van der Waals surface area contributed by atoms with Crippen molar-refractivity contribution < 1.29 is 40.9 Å².